The standard InChI is InChI=1S/C24H30BrFN2O3/c1-4-6-13-27-24(30)17(3)28(15-19-9-7-8-10-21(19)26)23(29)16-31-22-12-11-18(5-2)14-20(22)25/h7-12,14,17H,4-6,13,15-16H2,1-3H3,(H,27,30)/t17-/m1/s1. The van der Waals surface area contributed by atoms with Crippen molar-refractivity contribution in [2.24, 2.45) is 0 Å². The molecule has 0 aliphatic rings. The fraction of sp³-hybridized carbons (Fsp3) is 0.417. The number of rotatable bonds is 11. The summed E-state index contributed by atoms with van der Waals surface area (Å²) in [6, 6.07) is 11.2. The molecule has 0 radical (unpaired) electrons. The third-order valence-corrected chi connectivity index (χ3v) is 5.67. The zero-order valence-electron chi connectivity index (χ0n) is 18.3. The molecule has 0 saturated heterocycles. The average molecular weight is 493 g/mol. The van der Waals surface area contributed by atoms with Crippen molar-refractivity contribution in [2.45, 2.75) is 52.6 Å². The molecule has 2 aromatic rings. The third kappa shape index (κ3) is 7.35. The Kier molecular flexibility index (Phi) is 9.98. The van der Waals surface area contributed by atoms with Gasteiger partial charge < -0.3 is 15.0 Å². The van der Waals surface area contributed by atoms with Gasteiger partial charge in [-0.3, -0.25) is 9.59 Å². The van der Waals surface area contributed by atoms with E-state index in [0.29, 0.717) is 17.9 Å². The van der Waals surface area contributed by atoms with Crippen molar-refractivity contribution in [3.63, 3.8) is 0 Å². The van der Waals surface area contributed by atoms with Crippen LogP contribution in [0.3, 0.4) is 0 Å². The average Bonchev–Trinajstić information content (AvgIpc) is 2.77. The lowest BCUT2D eigenvalue weighted by Gasteiger charge is -2.29. The number of aryl methyl sites for hydroxylation is 1. The highest BCUT2D eigenvalue weighted by atomic mass is 79.9. The van der Waals surface area contributed by atoms with Gasteiger partial charge in [-0.25, -0.2) is 4.39 Å². The van der Waals surface area contributed by atoms with Crippen molar-refractivity contribution in [3.05, 3.63) is 63.9 Å². The van der Waals surface area contributed by atoms with Gasteiger partial charge >= 0.3 is 0 Å². The molecule has 2 amide bonds. The number of nitrogens with one attached hydrogen (secondary N) is 1. The number of ether oxygens (including phenoxy) is 1. The van der Waals surface area contributed by atoms with E-state index in [0.717, 1.165) is 29.3 Å². The maximum absolute atomic E-state index is 14.2. The zero-order chi connectivity index (χ0) is 22.8. The van der Waals surface area contributed by atoms with E-state index in [1.807, 2.05) is 19.1 Å². The second kappa shape index (κ2) is 12.4. The summed E-state index contributed by atoms with van der Waals surface area (Å²) in [5, 5.41) is 2.84. The van der Waals surface area contributed by atoms with E-state index >= 15 is 0 Å². The predicted octanol–water partition coefficient (Wildman–Crippen LogP) is 4.86. The Labute approximate surface area is 192 Å². The number of carbonyl (C=O) groups is 2. The summed E-state index contributed by atoms with van der Waals surface area (Å²) in [7, 11) is 0. The molecule has 0 aromatic heterocycles. The number of hydrogen-bond acceptors (Lipinski definition) is 3. The minimum Gasteiger partial charge on any atom is -0.483 e. The van der Waals surface area contributed by atoms with Crippen molar-refractivity contribution in [3.8, 4) is 5.75 Å². The first-order valence-corrected chi connectivity index (χ1v) is 11.4. The molecular formula is C24H30BrFN2O3. The predicted molar refractivity (Wildman–Crippen MR) is 123 cm³/mol. The van der Waals surface area contributed by atoms with Crippen LogP contribution in [-0.4, -0.2) is 35.9 Å². The lowest BCUT2D eigenvalue weighted by atomic mass is 10.1. The summed E-state index contributed by atoms with van der Waals surface area (Å²) in [5.41, 5.74) is 1.49. The molecule has 0 aliphatic heterocycles. The first-order chi connectivity index (χ1) is 14.9. The number of benzene rings is 2. The van der Waals surface area contributed by atoms with Gasteiger partial charge in [0.25, 0.3) is 5.91 Å². The Hall–Kier alpha value is -2.41. The first kappa shape index (κ1) is 24.9. The van der Waals surface area contributed by atoms with Crippen LogP contribution >= 0.6 is 15.9 Å². The van der Waals surface area contributed by atoms with Crippen LogP contribution in [0.4, 0.5) is 4.39 Å². The van der Waals surface area contributed by atoms with Crippen LogP contribution in [0.25, 0.3) is 0 Å². The van der Waals surface area contributed by atoms with Crippen LogP contribution in [0.15, 0.2) is 46.9 Å². The van der Waals surface area contributed by atoms with Crippen molar-refractivity contribution in [2.75, 3.05) is 13.2 Å². The number of carbonyl (C=O) groups excluding carboxylic acids is 2. The van der Waals surface area contributed by atoms with E-state index in [2.05, 4.69) is 28.2 Å². The summed E-state index contributed by atoms with van der Waals surface area (Å²) in [6.45, 7) is 5.99. The third-order valence-electron chi connectivity index (χ3n) is 5.05. The van der Waals surface area contributed by atoms with Gasteiger partial charge in [-0.15, -0.1) is 0 Å². The van der Waals surface area contributed by atoms with Crippen LogP contribution in [0.2, 0.25) is 0 Å². The van der Waals surface area contributed by atoms with Gasteiger partial charge in [0, 0.05) is 18.7 Å². The van der Waals surface area contributed by atoms with E-state index in [4.69, 9.17) is 4.74 Å². The summed E-state index contributed by atoms with van der Waals surface area (Å²) < 4.78 is 20.7. The molecule has 0 unspecified atom stereocenters. The highest BCUT2D eigenvalue weighted by molar-refractivity contribution is 9.10. The Morgan fingerprint density at radius 1 is 1.19 bits per heavy atom. The largest absolute Gasteiger partial charge is 0.483 e. The highest BCUT2D eigenvalue weighted by Gasteiger charge is 2.27. The lowest BCUT2D eigenvalue weighted by molar-refractivity contribution is -0.142. The monoisotopic (exact) mass is 492 g/mol. The minimum atomic E-state index is -0.765. The molecule has 0 bridgehead atoms. The second-order valence-electron chi connectivity index (χ2n) is 7.34. The molecular weight excluding hydrogens is 463 g/mol. The molecule has 168 valence electrons. The van der Waals surface area contributed by atoms with Crippen molar-refractivity contribution >= 4 is 27.7 Å². The lowest BCUT2D eigenvalue weighted by Crippen LogP contribution is -2.49. The van der Waals surface area contributed by atoms with Crippen LogP contribution < -0.4 is 10.1 Å². The number of amides is 2. The normalized spacial score (nSPS) is 11.6. The molecule has 0 heterocycles. The Bertz CT molecular complexity index is 891. The molecule has 5 nitrogen and oxygen atoms in total. The van der Waals surface area contributed by atoms with Crippen molar-refractivity contribution in [1.29, 1.82) is 0 Å². The van der Waals surface area contributed by atoms with Gasteiger partial charge in [-0.1, -0.05) is 44.5 Å². The van der Waals surface area contributed by atoms with Gasteiger partial charge in [0.2, 0.25) is 5.91 Å². The molecule has 2 rings (SSSR count). The Morgan fingerprint density at radius 3 is 2.58 bits per heavy atom. The van der Waals surface area contributed by atoms with E-state index < -0.39 is 17.8 Å². The number of unbranched alkanes of at least 4 members (excludes halogenated alkanes) is 1. The maximum atomic E-state index is 14.2. The van der Waals surface area contributed by atoms with Crippen LogP contribution in [0.1, 0.15) is 44.7 Å². The molecule has 1 N–H and O–H groups in total. The highest BCUT2D eigenvalue weighted by Crippen LogP contribution is 2.26. The van der Waals surface area contributed by atoms with Crippen LogP contribution in [0, 0.1) is 5.82 Å². The Balaban J connectivity index is 2.15. The molecule has 7 heteroatoms. The SMILES string of the molecule is CCCCNC(=O)[C@@H](C)N(Cc1ccccc1F)C(=O)COc1ccc(CC)cc1Br. The Morgan fingerprint density at radius 2 is 1.94 bits per heavy atom. The van der Waals surface area contributed by atoms with E-state index in [1.54, 1.807) is 31.2 Å². The maximum Gasteiger partial charge on any atom is 0.261 e. The number of halogens is 2. The minimum absolute atomic E-state index is 0.0207. The van der Waals surface area contributed by atoms with Gasteiger partial charge in [0.05, 0.1) is 4.47 Å². The molecule has 0 fully saturated rings. The molecule has 0 saturated carbocycles. The fourth-order valence-corrected chi connectivity index (χ4v) is 3.57. The molecule has 0 spiro atoms. The van der Waals surface area contributed by atoms with Crippen molar-refractivity contribution < 1.29 is 18.7 Å². The van der Waals surface area contributed by atoms with E-state index in [-0.39, 0.29) is 19.1 Å². The summed E-state index contributed by atoms with van der Waals surface area (Å²) >= 11 is 3.46. The van der Waals surface area contributed by atoms with Crippen LogP contribution in [0.5, 0.6) is 5.75 Å². The molecule has 0 aliphatic carbocycles. The first-order valence-electron chi connectivity index (χ1n) is 10.6. The van der Waals surface area contributed by atoms with Crippen molar-refractivity contribution in [1.82, 2.24) is 10.2 Å². The smallest absolute Gasteiger partial charge is 0.261 e. The van der Waals surface area contributed by atoms with Gasteiger partial charge in [-0.2, -0.15) is 0 Å². The van der Waals surface area contributed by atoms with E-state index in [1.165, 1.54) is 11.0 Å². The topological polar surface area (TPSA) is 58.6 Å². The van der Waals surface area contributed by atoms with E-state index in [9.17, 15) is 14.0 Å². The number of nitrogens with zero attached hydrogens (tertiary/aromatic N) is 1. The second-order valence-corrected chi connectivity index (χ2v) is 8.19. The molecule has 1 atom stereocenters. The quantitative estimate of drug-likeness (QED) is 0.455. The molecule has 2 aromatic carbocycles. The summed E-state index contributed by atoms with van der Waals surface area (Å²) in [5.74, 6) is -0.548. The summed E-state index contributed by atoms with van der Waals surface area (Å²) in [6.07, 6.45) is 2.69. The van der Waals surface area contributed by atoms with Gasteiger partial charge in [0.15, 0.2) is 6.61 Å². The fourth-order valence-electron chi connectivity index (χ4n) is 3.03. The molecule has 31 heavy (non-hydrogen) atoms. The summed E-state index contributed by atoms with van der Waals surface area (Å²) in [4.78, 5) is 27.0. The zero-order valence-corrected chi connectivity index (χ0v) is 19.9. The van der Waals surface area contributed by atoms with Gasteiger partial charge in [0.1, 0.15) is 17.6 Å². The number of hydrogen-bond donors (Lipinski definition) is 1. The van der Waals surface area contributed by atoms with Gasteiger partial charge in [-0.05, 0) is 59.5 Å². The van der Waals surface area contributed by atoms with Crippen LogP contribution in [-0.2, 0) is 22.6 Å².